The van der Waals surface area contributed by atoms with Crippen LogP contribution in [0.2, 0.25) is 0 Å². The van der Waals surface area contributed by atoms with Gasteiger partial charge in [-0.2, -0.15) is 5.10 Å². The van der Waals surface area contributed by atoms with Crippen molar-refractivity contribution in [3.63, 3.8) is 0 Å². The molecule has 4 aromatic rings. The van der Waals surface area contributed by atoms with E-state index in [9.17, 15) is 0 Å². The molecule has 0 saturated heterocycles. The summed E-state index contributed by atoms with van der Waals surface area (Å²) in [7, 11) is 2.09. The molecule has 0 atom stereocenters. The standard InChI is InChI=1S/C20H20N6/c1-12-11-21-13(2)20-22-17(24-26(12)20)9-10-18-23-19-15-6-4-5-14(15)7-8-16(19)25(18)3/h4,6-8,11H,5,9-10H2,1-3H3. The molecule has 3 aromatic heterocycles. The van der Waals surface area contributed by atoms with E-state index in [-0.39, 0.29) is 0 Å². The SMILES string of the molecule is Cc1ncc(C)n2nc(CCc3nc4c5c(ccc4n3C)CC=C5)nc12. The largest absolute Gasteiger partial charge is 0.331 e. The van der Waals surface area contributed by atoms with Crippen molar-refractivity contribution in [1.82, 2.24) is 29.1 Å². The molecule has 1 aromatic carbocycles. The molecule has 5 rings (SSSR count). The van der Waals surface area contributed by atoms with Gasteiger partial charge in [0.15, 0.2) is 11.5 Å². The first-order chi connectivity index (χ1) is 12.6. The number of imidazole rings is 1. The third-order valence-electron chi connectivity index (χ3n) is 5.22. The molecule has 0 amide bonds. The van der Waals surface area contributed by atoms with Crippen LogP contribution in [0.3, 0.4) is 0 Å². The molecule has 0 unspecified atom stereocenters. The summed E-state index contributed by atoms with van der Waals surface area (Å²) in [5.41, 5.74) is 7.66. The summed E-state index contributed by atoms with van der Waals surface area (Å²) in [5.74, 6) is 1.90. The van der Waals surface area contributed by atoms with Crippen molar-refractivity contribution in [2.24, 2.45) is 7.05 Å². The first-order valence-electron chi connectivity index (χ1n) is 8.93. The van der Waals surface area contributed by atoms with Crippen LogP contribution in [0.4, 0.5) is 0 Å². The van der Waals surface area contributed by atoms with Crippen LogP contribution in [0.15, 0.2) is 24.4 Å². The Morgan fingerprint density at radius 2 is 2.00 bits per heavy atom. The number of nitrogens with zero attached hydrogens (tertiary/aromatic N) is 6. The van der Waals surface area contributed by atoms with E-state index in [2.05, 4.69) is 51.0 Å². The molecule has 6 nitrogen and oxygen atoms in total. The van der Waals surface area contributed by atoms with Gasteiger partial charge >= 0.3 is 0 Å². The van der Waals surface area contributed by atoms with Gasteiger partial charge in [0.1, 0.15) is 5.82 Å². The zero-order chi connectivity index (χ0) is 17.8. The van der Waals surface area contributed by atoms with Crippen molar-refractivity contribution in [2.45, 2.75) is 33.1 Å². The van der Waals surface area contributed by atoms with Gasteiger partial charge in [0, 0.05) is 31.6 Å². The van der Waals surface area contributed by atoms with E-state index in [1.807, 2.05) is 24.6 Å². The quantitative estimate of drug-likeness (QED) is 0.573. The van der Waals surface area contributed by atoms with Crippen LogP contribution in [-0.4, -0.2) is 29.1 Å². The van der Waals surface area contributed by atoms with Crippen LogP contribution in [0.25, 0.3) is 22.8 Å². The Morgan fingerprint density at radius 3 is 2.85 bits per heavy atom. The van der Waals surface area contributed by atoms with Crippen molar-refractivity contribution in [3.05, 3.63) is 58.6 Å². The van der Waals surface area contributed by atoms with Crippen molar-refractivity contribution >= 4 is 22.8 Å². The number of rotatable bonds is 3. The fourth-order valence-corrected chi connectivity index (χ4v) is 3.73. The van der Waals surface area contributed by atoms with Crippen molar-refractivity contribution in [2.75, 3.05) is 0 Å². The highest BCUT2D eigenvalue weighted by atomic mass is 15.3. The maximum atomic E-state index is 4.92. The highest BCUT2D eigenvalue weighted by molar-refractivity contribution is 5.88. The summed E-state index contributed by atoms with van der Waals surface area (Å²) in [6.45, 7) is 3.96. The fourth-order valence-electron chi connectivity index (χ4n) is 3.73. The molecule has 0 fully saturated rings. The minimum Gasteiger partial charge on any atom is -0.331 e. The summed E-state index contributed by atoms with van der Waals surface area (Å²) in [4.78, 5) is 14.0. The molecule has 26 heavy (non-hydrogen) atoms. The molecule has 1 aliphatic rings. The topological polar surface area (TPSA) is 60.9 Å². The maximum absolute atomic E-state index is 4.92. The van der Waals surface area contributed by atoms with Gasteiger partial charge in [-0.3, -0.25) is 4.98 Å². The minimum atomic E-state index is 0.760. The average molecular weight is 344 g/mol. The molecule has 3 heterocycles. The second-order valence-corrected chi connectivity index (χ2v) is 6.95. The minimum absolute atomic E-state index is 0.760. The highest BCUT2D eigenvalue weighted by Crippen LogP contribution is 2.28. The van der Waals surface area contributed by atoms with Crippen LogP contribution in [0.5, 0.6) is 0 Å². The van der Waals surface area contributed by atoms with Crippen LogP contribution in [-0.2, 0) is 26.3 Å². The van der Waals surface area contributed by atoms with Gasteiger partial charge in [0.05, 0.1) is 22.4 Å². The molecule has 130 valence electrons. The highest BCUT2D eigenvalue weighted by Gasteiger charge is 2.16. The molecule has 0 N–H and O–H groups in total. The van der Waals surface area contributed by atoms with E-state index < -0.39 is 0 Å². The first-order valence-corrected chi connectivity index (χ1v) is 8.93. The van der Waals surface area contributed by atoms with E-state index in [1.54, 1.807) is 0 Å². The number of hydrogen-bond donors (Lipinski definition) is 0. The summed E-state index contributed by atoms with van der Waals surface area (Å²) in [6.07, 6.45) is 8.81. The molecule has 0 spiro atoms. The van der Waals surface area contributed by atoms with Crippen molar-refractivity contribution < 1.29 is 0 Å². The predicted molar refractivity (Wildman–Crippen MR) is 101 cm³/mol. The lowest BCUT2D eigenvalue weighted by Gasteiger charge is -2.01. The van der Waals surface area contributed by atoms with Gasteiger partial charge in [-0.15, -0.1) is 0 Å². The molecule has 0 radical (unpaired) electrons. The summed E-state index contributed by atoms with van der Waals surface area (Å²) in [5, 5.41) is 4.65. The lowest BCUT2D eigenvalue weighted by atomic mass is 10.1. The molecule has 6 heteroatoms. The Hall–Kier alpha value is -3.02. The van der Waals surface area contributed by atoms with E-state index in [0.29, 0.717) is 0 Å². The van der Waals surface area contributed by atoms with Crippen molar-refractivity contribution in [3.8, 4) is 0 Å². The average Bonchev–Trinajstić information content (AvgIpc) is 3.34. The zero-order valence-electron chi connectivity index (χ0n) is 15.2. The van der Waals surface area contributed by atoms with Crippen LogP contribution in [0.1, 0.15) is 34.2 Å². The number of benzene rings is 1. The second-order valence-electron chi connectivity index (χ2n) is 6.95. The maximum Gasteiger partial charge on any atom is 0.177 e. The molecular weight excluding hydrogens is 324 g/mol. The van der Waals surface area contributed by atoms with Crippen LogP contribution >= 0.6 is 0 Å². The van der Waals surface area contributed by atoms with Gasteiger partial charge in [-0.1, -0.05) is 18.2 Å². The smallest absolute Gasteiger partial charge is 0.177 e. The van der Waals surface area contributed by atoms with Gasteiger partial charge < -0.3 is 4.57 Å². The Kier molecular flexibility index (Phi) is 3.22. The number of allylic oxidation sites excluding steroid dienone is 1. The third kappa shape index (κ3) is 2.18. The lowest BCUT2D eigenvalue weighted by molar-refractivity contribution is 0.752. The van der Waals surface area contributed by atoms with E-state index in [4.69, 9.17) is 4.98 Å². The summed E-state index contributed by atoms with van der Waals surface area (Å²) >= 11 is 0. The molecule has 0 saturated carbocycles. The number of hydrogen-bond acceptors (Lipinski definition) is 4. The summed E-state index contributed by atoms with van der Waals surface area (Å²) < 4.78 is 4.07. The van der Waals surface area contributed by atoms with Gasteiger partial charge in [-0.25, -0.2) is 14.5 Å². The van der Waals surface area contributed by atoms with Crippen LogP contribution < -0.4 is 0 Å². The summed E-state index contributed by atoms with van der Waals surface area (Å²) in [6, 6.07) is 4.39. The monoisotopic (exact) mass is 344 g/mol. The second kappa shape index (κ2) is 5.49. The molecule has 0 bridgehead atoms. The Bertz CT molecular complexity index is 1160. The van der Waals surface area contributed by atoms with Crippen LogP contribution in [0, 0.1) is 13.8 Å². The van der Waals surface area contributed by atoms with E-state index in [0.717, 1.165) is 53.5 Å². The van der Waals surface area contributed by atoms with E-state index in [1.165, 1.54) is 16.6 Å². The normalized spacial score (nSPS) is 13.2. The zero-order valence-corrected chi connectivity index (χ0v) is 15.2. The third-order valence-corrected chi connectivity index (χ3v) is 5.22. The van der Waals surface area contributed by atoms with E-state index >= 15 is 0 Å². The fraction of sp³-hybridized carbons (Fsp3) is 0.300. The molecule has 0 aliphatic heterocycles. The lowest BCUT2D eigenvalue weighted by Crippen LogP contribution is -2.02. The first kappa shape index (κ1) is 15.3. The Labute approximate surface area is 151 Å². The number of fused-ring (bicyclic) bond motifs is 4. The van der Waals surface area contributed by atoms with Gasteiger partial charge in [-0.05, 0) is 31.9 Å². The predicted octanol–water partition coefficient (Wildman–Crippen LogP) is 2.98. The van der Waals surface area contributed by atoms with Gasteiger partial charge in [0.25, 0.3) is 0 Å². The van der Waals surface area contributed by atoms with Crippen molar-refractivity contribution in [1.29, 1.82) is 0 Å². The molecular formula is C20H20N6. The Balaban J connectivity index is 1.49. The number of aryl methyl sites for hydroxylation is 5. The molecule has 1 aliphatic carbocycles. The number of aromatic nitrogens is 6. The van der Waals surface area contributed by atoms with Gasteiger partial charge in [0.2, 0.25) is 0 Å². The Morgan fingerprint density at radius 1 is 1.12 bits per heavy atom.